The fraction of sp³-hybridized carbons (Fsp3) is 0.625. The van der Waals surface area contributed by atoms with Crippen LogP contribution in [0.4, 0.5) is 5.69 Å². The molecular formula is C16H24BrClN2. The van der Waals surface area contributed by atoms with Crippen molar-refractivity contribution >= 4 is 33.2 Å². The van der Waals surface area contributed by atoms with E-state index in [-0.39, 0.29) is 0 Å². The quantitative estimate of drug-likeness (QED) is 0.805. The minimum atomic E-state index is 0.548. The Hall–Kier alpha value is -0.250. The van der Waals surface area contributed by atoms with Crippen molar-refractivity contribution in [3.8, 4) is 0 Å². The Labute approximate surface area is 136 Å². The summed E-state index contributed by atoms with van der Waals surface area (Å²) in [6.45, 7) is 7.95. The minimum Gasteiger partial charge on any atom is -0.381 e. The first-order chi connectivity index (χ1) is 9.60. The molecule has 1 aliphatic heterocycles. The highest BCUT2D eigenvalue weighted by atomic mass is 79.9. The van der Waals surface area contributed by atoms with Crippen molar-refractivity contribution in [1.29, 1.82) is 0 Å². The molecule has 1 unspecified atom stereocenters. The Balaban J connectivity index is 1.98. The van der Waals surface area contributed by atoms with Crippen LogP contribution in [0.5, 0.6) is 0 Å². The van der Waals surface area contributed by atoms with Crippen molar-refractivity contribution in [2.45, 2.75) is 45.6 Å². The van der Waals surface area contributed by atoms with Crippen LogP contribution in [0.3, 0.4) is 0 Å². The molecule has 4 heteroatoms. The van der Waals surface area contributed by atoms with Gasteiger partial charge < -0.3 is 10.2 Å². The lowest BCUT2D eigenvalue weighted by Gasteiger charge is -2.21. The average molecular weight is 360 g/mol. The van der Waals surface area contributed by atoms with Gasteiger partial charge in [-0.2, -0.15) is 0 Å². The van der Waals surface area contributed by atoms with Crippen LogP contribution in [-0.4, -0.2) is 30.6 Å². The maximum Gasteiger partial charge on any atom is 0.0501 e. The van der Waals surface area contributed by atoms with Crippen molar-refractivity contribution in [2.24, 2.45) is 0 Å². The van der Waals surface area contributed by atoms with Crippen molar-refractivity contribution in [3.05, 3.63) is 27.2 Å². The Morgan fingerprint density at radius 2 is 2.15 bits per heavy atom. The number of hydrogen-bond acceptors (Lipinski definition) is 2. The lowest BCUT2D eigenvalue weighted by molar-refractivity contribution is 0.285. The second-order valence-corrected chi connectivity index (χ2v) is 6.96. The van der Waals surface area contributed by atoms with E-state index in [0.29, 0.717) is 6.04 Å². The zero-order valence-corrected chi connectivity index (χ0v) is 14.7. The standard InChI is InChI=1S/C16H24BrClN2/c1-3-7-20-8-4-5-13(6-9-20)19-16-11-15(18)12(2)10-14(16)17/h10-11,13,19H,3-9H2,1-2H3. The minimum absolute atomic E-state index is 0.548. The van der Waals surface area contributed by atoms with Crippen molar-refractivity contribution < 1.29 is 0 Å². The van der Waals surface area contributed by atoms with Crippen LogP contribution in [-0.2, 0) is 0 Å². The van der Waals surface area contributed by atoms with E-state index >= 15 is 0 Å². The fourth-order valence-corrected chi connectivity index (χ4v) is 3.55. The van der Waals surface area contributed by atoms with E-state index in [9.17, 15) is 0 Å². The highest BCUT2D eigenvalue weighted by Gasteiger charge is 2.17. The number of nitrogens with one attached hydrogen (secondary N) is 1. The maximum atomic E-state index is 6.23. The molecule has 1 aromatic carbocycles. The number of hydrogen-bond donors (Lipinski definition) is 1. The first-order valence-electron chi connectivity index (χ1n) is 7.54. The molecule has 1 atom stereocenters. The molecule has 2 rings (SSSR count). The molecule has 1 aliphatic rings. The van der Waals surface area contributed by atoms with Gasteiger partial charge in [-0.1, -0.05) is 18.5 Å². The predicted octanol–water partition coefficient (Wildman–Crippen LogP) is 5.09. The summed E-state index contributed by atoms with van der Waals surface area (Å²) >= 11 is 9.86. The van der Waals surface area contributed by atoms with Crippen LogP contribution >= 0.6 is 27.5 Å². The summed E-state index contributed by atoms with van der Waals surface area (Å²) in [5.74, 6) is 0. The third-order valence-electron chi connectivity index (χ3n) is 3.97. The fourth-order valence-electron chi connectivity index (χ4n) is 2.82. The van der Waals surface area contributed by atoms with Crippen LogP contribution in [0.15, 0.2) is 16.6 Å². The first kappa shape index (κ1) is 16.1. The predicted molar refractivity (Wildman–Crippen MR) is 91.9 cm³/mol. The van der Waals surface area contributed by atoms with Gasteiger partial charge >= 0.3 is 0 Å². The second kappa shape index (κ2) is 7.67. The zero-order chi connectivity index (χ0) is 14.5. The Morgan fingerprint density at radius 1 is 1.35 bits per heavy atom. The molecule has 112 valence electrons. The summed E-state index contributed by atoms with van der Waals surface area (Å²) < 4.78 is 1.11. The van der Waals surface area contributed by atoms with E-state index in [1.807, 2.05) is 13.0 Å². The van der Waals surface area contributed by atoms with Crippen LogP contribution in [0.1, 0.15) is 38.2 Å². The van der Waals surface area contributed by atoms with E-state index in [1.54, 1.807) is 0 Å². The van der Waals surface area contributed by atoms with Gasteiger partial charge in [0.05, 0.1) is 5.69 Å². The van der Waals surface area contributed by atoms with Crippen molar-refractivity contribution in [3.63, 3.8) is 0 Å². The molecule has 0 aromatic heterocycles. The number of halogens is 2. The Bertz CT molecular complexity index is 450. The zero-order valence-electron chi connectivity index (χ0n) is 12.4. The number of aryl methyl sites for hydroxylation is 1. The highest BCUT2D eigenvalue weighted by molar-refractivity contribution is 9.10. The number of nitrogens with zero attached hydrogens (tertiary/aromatic N) is 1. The van der Waals surface area contributed by atoms with E-state index in [1.165, 1.54) is 45.3 Å². The molecule has 2 nitrogen and oxygen atoms in total. The van der Waals surface area contributed by atoms with E-state index in [0.717, 1.165) is 20.7 Å². The lowest BCUT2D eigenvalue weighted by Crippen LogP contribution is -2.27. The van der Waals surface area contributed by atoms with Gasteiger partial charge in [0.25, 0.3) is 0 Å². The molecule has 0 amide bonds. The van der Waals surface area contributed by atoms with Crippen LogP contribution in [0.25, 0.3) is 0 Å². The van der Waals surface area contributed by atoms with Crippen molar-refractivity contribution in [1.82, 2.24) is 4.90 Å². The van der Waals surface area contributed by atoms with Gasteiger partial charge in [-0.05, 0) is 79.3 Å². The van der Waals surface area contributed by atoms with Crippen molar-refractivity contribution in [2.75, 3.05) is 25.0 Å². The monoisotopic (exact) mass is 358 g/mol. The summed E-state index contributed by atoms with van der Waals surface area (Å²) in [6, 6.07) is 4.67. The highest BCUT2D eigenvalue weighted by Crippen LogP contribution is 2.30. The topological polar surface area (TPSA) is 15.3 Å². The summed E-state index contributed by atoms with van der Waals surface area (Å²) in [6.07, 6.45) is 4.96. The third kappa shape index (κ3) is 4.37. The molecule has 1 fully saturated rings. The van der Waals surface area contributed by atoms with Gasteiger partial charge in [-0.15, -0.1) is 0 Å². The lowest BCUT2D eigenvalue weighted by atomic mass is 10.1. The van der Waals surface area contributed by atoms with E-state index < -0.39 is 0 Å². The van der Waals surface area contributed by atoms with Gasteiger partial charge in [-0.25, -0.2) is 0 Å². The third-order valence-corrected chi connectivity index (χ3v) is 5.03. The molecule has 0 spiro atoms. The molecule has 1 aromatic rings. The molecule has 0 saturated carbocycles. The van der Waals surface area contributed by atoms with Gasteiger partial charge in [0.1, 0.15) is 0 Å². The smallest absolute Gasteiger partial charge is 0.0501 e. The average Bonchev–Trinajstić information content (AvgIpc) is 2.62. The second-order valence-electron chi connectivity index (χ2n) is 5.70. The summed E-state index contributed by atoms with van der Waals surface area (Å²) in [7, 11) is 0. The molecule has 0 bridgehead atoms. The van der Waals surface area contributed by atoms with Crippen LogP contribution in [0.2, 0.25) is 5.02 Å². The van der Waals surface area contributed by atoms with Gasteiger partial charge in [0.15, 0.2) is 0 Å². The van der Waals surface area contributed by atoms with Crippen LogP contribution in [0, 0.1) is 6.92 Å². The molecule has 0 radical (unpaired) electrons. The largest absolute Gasteiger partial charge is 0.381 e. The molecule has 1 N–H and O–H groups in total. The summed E-state index contributed by atoms with van der Waals surface area (Å²) in [5, 5.41) is 4.49. The molecule has 0 aliphatic carbocycles. The van der Waals surface area contributed by atoms with E-state index in [4.69, 9.17) is 11.6 Å². The molecule has 1 heterocycles. The Kier molecular flexibility index (Phi) is 6.19. The van der Waals surface area contributed by atoms with Gasteiger partial charge in [0, 0.05) is 22.1 Å². The Morgan fingerprint density at radius 3 is 2.90 bits per heavy atom. The molecule has 20 heavy (non-hydrogen) atoms. The number of benzene rings is 1. The summed E-state index contributed by atoms with van der Waals surface area (Å²) in [4.78, 5) is 2.58. The first-order valence-corrected chi connectivity index (χ1v) is 8.71. The molecular weight excluding hydrogens is 336 g/mol. The number of likely N-dealkylation sites (tertiary alicyclic amines) is 1. The number of rotatable bonds is 4. The van der Waals surface area contributed by atoms with Gasteiger partial charge in [0.2, 0.25) is 0 Å². The van der Waals surface area contributed by atoms with E-state index in [2.05, 4.69) is 39.1 Å². The van der Waals surface area contributed by atoms with Crippen LogP contribution < -0.4 is 5.32 Å². The maximum absolute atomic E-state index is 6.23. The normalized spacial score (nSPS) is 20.7. The number of anilines is 1. The molecule has 1 saturated heterocycles. The SMILES string of the molecule is CCCN1CCCC(Nc2cc(Cl)c(C)cc2Br)CC1. The van der Waals surface area contributed by atoms with Gasteiger partial charge in [-0.3, -0.25) is 0 Å². The summed E-state index contributed by atoms with van der Waals surface area (Å²) in [5.41, 5.74) is 2.23.